The molecule has 0 fully saturated rings. The second-order valence-corrected chi connectivity index (χ2v) is 6.08. The van der Waals surface area contributed by atoms with E-state index in [1.807, 2.05) is 0 Å². The largest absolute Gasteiger partial charge is 0.384 e. The number of hydrogen-bond acceptors (Lipinski definition) is 1. The van der Waals surface area contributed by atoms with Crippen molar-refractivity contribution in [1.29, 1.82) is 0 Å². The average Bonchev–Trinajstić information content (AvgIpc) is 2.80. The minimum Gasteiger partial charge on any atom is -0.384 e. The van der Waals surface area contributed by atoms with Crippen LogP contribution < -0.4 is 5.32 Å². The Bertz CT molecular complexity index is 383. The van der Waals surface area contributed by atoms with Crippen LogP contribution >= 0.6 is 0 Å². The van der Waals surface area contributed by atoms with Crippen LogP contribution in [0.25, 0.3) is 0 Å². The Kier molecular flexibility index (Phi) is 5.75. The molecule has 1 N–H and O–H groups in total. The summed E-state index contributed by atoms with van der Waals surface area (Å²) in [5, 5.41) is 3.55. The maximum atomic E-state index is 3.55. The molecule has 1 atom stereocenters. The summed E-state index contributed by atoms with van der Waals surface area (Å²) in [6.45, 7) is 5.63. The summed E-state index contributed by atoms with van der Waals surface area (Å²) >= 11 is 0. The van der Waals surface area contributed by atoms with Gasteiger partial charge in [-0.3, -0.25) is 0 Å². The normalized spacial score (nSPS) is 17.3. The minimum atomic E-state index is 0.755. The number of benzene rings is 1. The summed E-state index contributed by atoms with van der Waals surface area (Å²) < 4.78 is 0. The van der Waals surface area contributed by atoms with Gasteiger partial charge in [0.05, 0.1) is 0 Å². The Balaban J connectivity index is 1.67. The Labute approximate surface area is 118 Å². The first-order valence-electron chi connectivity index (χ1n) is 8.15. The second kappa shape index (κ2) is 7.57. The van der Waals surface area contributed by atoms with E-state index >= 15 is 0 Å². The SMILES string of the molecule is CCCCCCCCCC1CNc2ccc(C)cc21. The number of anilines is 1. The third-order valence-electron chi connectivity index (χ3n) is 4.34. The quantitative estimate of drug-likeness (QED) is 0.595. The summed E-state index contributed by atoms with van der Waals surface area (Å²) in [4.78, 5) is 0. The van der Waals surface area contributed by atoms with Crippen molar-refractivity contribution in [2.24, 2.45) is 0 Å². The molecule has 0 amide bonds. The molecule has 1 aliphatic heterocycles. The number of unbranched alkanes of at least 4 members (excludes halogenated alkanes) is 6. The predicted molar refractivity (Wildman–Crippen MR) is 85.0 cm³/mol. The van der Waals surface area contributed by atoms with E-state index in [0.29, 0.717) is 0 Å². The molecular formula is C18H29N. The van der Waals surface area contributed by atoms with Crippen molar-refractivity contribution < 1.29 is 0 Å². The number of rotatable bonds is 8. The number of aryl methyl sites for hydroxylation is 1. The molecule has 19 heavy (non-hydrogen) atoms. The van der Waals surface area contributed by atoms with Gasteiger partial charge in [-0.15, -0.1) is 0 Å². The van der Waals surface area contributed by atoms with E-state index in [2.05, 4.69) is 37.4 Å². The minimum absolute atomic E-state index is 0.755. The highest BCUT2D eigenvalue weighted by atomic mass is 14.9. The standard InChI is InChI=1S/C18H29N/c1-3-4-5-6-7-8-9-10-16-14-19-18-12-11-15(2)13-17(16)18/h11-13,16,19H,3-10,14H2,1-2H3. The van der Waals surface area contributed by atoms with Crippen LogP contribution in [0.3, 0.4) is 0 Å². The van der Waals surface area contributed by atoms with Gasteiger partial charge in [0.1, 0.15) is 0 Å². The summed E-state index contributed by atoms with van der Waals surface area (Å²) in [5.74, 6) is 0.755. The van der Waals surface area contributed by atoms with E-state index in [1.165, 1.54) is 62.6 Å². The van der Waals surface area contributed by atoms with Crippen LogP contribution in [0, 0.1) is 6.92 Å². The number of nitrogens with one attached hydrogen (secondary N) is 1. The molecule has 1 aromatic rings. The van der Waals surface area contributed by atoms with Gasteiger partial charge in [-0.2, -0.15) is 0 Å². The van der Waals surface area contributed by atoms with Crippen LogP contribution in [0.2, 0.25) is 0 Å². The maximum Gasteiger partial charge on any atom is 0.0376 e. The van der Waals surface area contributed by atoms with Crippen LogP contribution in [0.1, 0.15) is 75.3 Å². The monoisotopic (exact) mass is 259 g/mol. The van der Waals surface area contributed by atoms with Crippen molar-refractivity contribution in [2.75, 3.05) is 11.9 Å². The predicted octanol–water partition coefficient (Wildman–Crippen LogP) is 5.64. The first-order chi connectivity index (χ1) is 9.31. The Hall–Kier alpha value is -0.980. The summed E-state index contributed by atoms with van der Waals surface area (Å²) in [7, 11) is 0. The molecule has 0 aliphatic carbocycles. The zero-order valence-corrected chi connectivity index (χ0v) is 12.7. The van der Waals surface area contributed by atoms with Crippen molar-refractivity contribution in [2.45, 2.75) is 71.1 Å². The van der Waals surface area contributed by atoms with Gasteiger partial charge in [-0.1, -0.05) is 69.6 Å². The van der Waals surface area contributed by atoms with E-state index in [-0.39, 0.29) is 0 Å². The fourth-order valence-electron chi connectivity index (χ4n) is 3.13. The van der Waals surface area contributed by atoms with Gasteiger partial charge in [0.15, 0.2) is 0 Å². The Morgan fingerprint density at radius 3 is 2.58 bits per heavy atom. The molecule has 1 heteroatoms. The third kappa shape index (κ3) is 4.26. The Morgan fingerprint density at radius 2 is 1.79 bits per heavy atom. The second-order valence-electron chi connectivity index (χ2n) is 6.08. The topological polar surface area (TPSA) is 12.0 Å². The lowest BCUT2D eigenvalue weighted by atomic mass is 9.93. The van der Waals surface area contributed by atoms with E-state index in [4.69, 9.17) is 0 Å². The summed E-state index contributed by atoms with van der Waals surface area (Å²) in [5.41, 5.74) is 4.33. The molecule has 1 heterocycles. The van der Waals surface area contributed by atoms with Crippen LogP contribution in [-0.2, 0) is 0 Å². The average molecular weight is 259 g/mol. The van der Waals surface area contributed by atoms with E-state index < -0.39 is 0 Å². The van der Waals surface area contributed by atoms with Crippen molar-refractivity contribution in [3.05, 3.63) is 29.3 Å². The number of fused-ring (bicyclic) bond motifs is 1. The Morgan fingerprint density at radius 1 is 1.05 bits per heavy atom. The molecule has 0 radical (unpaired) electrons. The van der Waals surface area contributed by atoms with Crippen LogP contribution in [0.4, 0.5) is 5.69 Å². The molecule has 106 valence electrons. The lowest BCUT2D eigenvalue weighted by Gasteiger charge is -2.10. The molecule has 2 rings (SSSR count). The molecule has 0 saturated heterocycles. The highest BCUT2D eigenvalue weighted by Gasteiger charge is 2.21. The highest BCUT2D eigenvalue weighted by molar-refractivity contribution is 5.58. The molecule has 1 aromatic carbocycles. The third-order valence-corrected chi connectivity index (χ3v) is 4.34. The molecule has 0 saturated carbocycles. The highest BCUT2D eigenvalue weighted by Crippen LogP contribution is 2.35. The van der Waals surface area contributed by atoms with Crippen molar-refractivity contribution in [3.63, 3.8) is 0 Å². The molecule has 0 aromatic heterocycles. The van der Waals surface area contributed by atoms with Gasteiger partial charge in [-0.25, -0.2) is 0 Å². The molecular weight excluding hydrogens is 230 g/mol. The molecule has 0 spiro atoms. The van der Waals surface area contributed by atoms with E-state index in [1.54, 1.807) is 5.56 Å². The number of hydrogen-bond donors (Lipinski definition) is 1. The first-order valence-corrected chi connectivity index (χ1v) is 8.15. The fourth-order valence-corrected chi connectivity index (χ4v) is 3.13. The zero-order chi connectivity index (χ0) is 13.5. The summed E-state index contributed by atoms with van der Waals surface area (Å²) in [6.07, 6.45) is 11.2. The van der Waals surface area contributed by atoms with Crippen LogP contribution in [-0.4, -0.2) is 6.54 Å². The van der Waals surface area contributed by atoms with Gasteiger partial charge >= 0.3 is 0 Å². The van der Waals surface area contributed by atoms with E-state index in [0.717, 1.165) is 12.5 Å². The lowest BCUT2D eigenvalue weighted by Crippen LogP contribution is -2.01. The summed E-state index contributed by atoms with van der Waals surface area (Å²) in [6, 6.07) is 6.83. The lowest BCUT2D eigenvalue weighted by molar-refractivity contribution is 0.549. The van der Waals surface area contributed by atoms with Crippen LogP contribution in [0.15, 0.2) is 18.2 Å². The van der Waals surface area contributed by atoms with Gasteiger partial charge in [0, 0.05) is 18.2 Å². The smallest absolute Gasteiger partial charge is 0.0376 e. The van der Waals surface area contributed by atoms with Gasteiger partial charge < -0.3 is 5.32 Å². The van der Waals surface area contributed by atoms with E-state index in [9.17, 15) is 0 Å². The fraction of sp³-hybridized carbons (Fsp3) is 0.667. The van der Waals surface area contributed by atoms with Gasteiger partial charge in [-0.05, 0) is 25.0 Å². The van der Waals surface area contributed by atoms with Gasteiger partial charge in [0.2, 0.25) is 0 Å². The van der Waals surface area contributed by atoms with Gasteiger partial charge in [0.25, 0.3) is 0 Å². The molecule has 1 aliphatic rings. The van der Waals surface area contributed by atoms with Crippen molar-refractivity contribution in [1.82, 2.24) is 0 Å². The van der Waals surface area contributed by atoms with Crippen LogP contribution in [0.5, 0.6) is 0 Å². The zero-order valence-electron chi connectivity index (χ0n) is 12.7. The molecule has 0 bridgehead atoms. The van der Waals surface area contributed by atoms with Crippen molar-refractivity contribution >= 4 is 5.69 Å². The van der Waals surface area contributed by atoms with Crippen molar-refractivity contribution in [3.8, 4) is 0 Å². The maximum absolute atomic E-state index is 3.55. The molecule has 1 nitrogen and oxygen atoms in total. The molecule has 1 unspecified atom stereocenters. The first kappa shape index (κ1) is 14.4.